The van der Waals surface area contributed by atoms with Crippen molar-refractivity contribution in [2.45, 2.75) is 46.2 Å². The Morgan fingerprint density at radius 2 is 1.74 bits per heavy atom. The first kappa shape index (κ1) is 22.2. The second-order valence-corrected chi connectivity index (χ2v) is 5.84. The summed E-state index contributed by atoms with van der Waals surface area (Å²) in [5, 5.41) is 6.73. The minimum absolute atomic E-state index is 0. The molecule has 0 aliphatic carbocycles. The second-order valence-electron chi connectivity index (χ2n) is 5.84. The summed E-state index contributed by atoms with van der Waals surface area (Å²) in [6.07, 6.45) is 3.70. The smallest absolute Gasteiger partial charge is 0.191 e. The normalized spacial score (nSPS) is 11.3. The van der Waals surface area contributed by atoms with Gasteiger partial charge in [-0.25, -0.2) is 4.99 Å². The Hall–Kier alpha value is -0.820. The van der Waals surface area contributed by atoms with Crippen LogP contribution in [0.15, 0.2) is 29.3 Å². The van der Waals surface area contributed by atoms with Crippen molar-refractivity contribution in [3.63, 3.8) is 0 Å². The maximum Gasteiger partial charge on any atom is 0.191 e. The van der Waals surface area contributed by atoms with Gasteiger partial charge < -0.3 is 15.5 Å². The molecule has 0 unspecified atom stereocenters. The first-order chi connectivity index (χ1) is 10.7. The summed E-state index contributed by atoms with van der Waals surface area (Å²) in [6.45, 7) is 7.86. The highest BCUT2D eigenvalue weighted by Crippen LogP contribution is 2.11. The maximum atomic E-state index is 4.73. The van der Waals surface area contributed by atoms with Gasteiger partial charge in [-0.1, -0.05) is 44.0 Å². The van der Waals surface area contributed by atoms with E-state index in [1.807, 2.05) is 0 Å². The average Bonchev–Trinajstić information content (AvgIpc) is 2.49. The van der Waals surface area contributed by atoms with Crippen LogP contribution in [0.25, 0.3) is 0 Å². The van der Waals surface area contributed by atoms with Gasteiger partial charge >= 0.3 is 0 Å². The highest BCUT2D eigenvalue weighted by Gasteiger charge is 2.03. The van der Waals surface area contributed by atoms with E-state index in [4.69, 9.17) is 4.99 Å². The first-order valence-electron chi connectivity index (χ1n) is 8.41. The van der Waals surface area contributed by atoms with E-state index in [0.717, 1.165) is 25.6 Å². The van der Waals surface area contributed by atoms with E-state index < -0.39 is 0 Å². The first-order valence-corrected chi connectivity index (χ1v) is 8.41. The third-order valence-corrected chi connectivity index (χ3v) is 3.43. The standard InChI is InChI=1S/C18H32N4.HI/c1-5-7-10-13-20-18(19-6-2)21-14-16-11-8-9-12-17(16)15-22(3)4;/h8-9,11-12H,5-7,10,13-15H2,1-4H3,(H2,19,20,21);1H. The van der Waals surface area contributed by atoms with Crippen LogP contribution in [0.4, 0.5) is 0 Å². The van der Waals surface area contributed by atoms with Crippen molar-refractivity contribution < 1.29 is 0 Å². The predicted molar refractivity (Wildman–Crippen MR) is 112 cm³/mol. The van der Waals surface area contributed by atoms with Gasteiger partial charge in [0.05, 0.1) is 6.54 Å². The molecule has 4 nitrogen and oxygen atoms in total. The largest absolute Gasteiger partial charge is 0.357 e. The lowest BCUT2D eigenvalue weighted by atomic mass is 10.1. The van der Waals surface area contributed by atoms with E-state index in [2.05, 4.69) is 67.7 Å². The fourth-order valence-corrected chi connectivity index (χ4v) is 2.29. The Morgan fingerprint density at radius 1 is 1.04 bits per heavy atom. The van der Waals surface area contributed by atoms with Crippen molar-refractivity contribution in [1.82, 2.24) is 15.5 Å². The Kier molecular flexibility index (Phi) is 13.1. The number of hydrogen-bond donors (Lipinski definition) is 2. The summed E-state index contributed by atoms with van der Waals surface area (Å²) >= 11 is 0. The summed E-state index contributed by atoms with van der Waals surface area (Å²) in [5.74, 6) is 0.915. The lowest BCUT2D eigenvalue weighted by Crippen LogP contribution is -2.37. The van der Waals surface area contributed by atoms with E-state index in [9.17, 15) is 0 Å². The van der Waals surface area contributed by atoms with Gasteiger partial charge in [-0.3, -0.25) is 0 Å². The fourth-order valence-electron chi connectivity index (χ4n) is 2.29. The molecule has 132 valence electrons. The van der Waals surface area contributed by atoms with Crippen LogP contribution in [0.5, 0.6) is 0 Å². The van der Waals surface area contributed by atoms with E-state index in [1.54, 1.807) is 0 Å². The van der Waals surface area contributed by atoms with Crippen molar-refractivity contribution in [3.05, 3.63) is 35.4 Å². The Balaban J connectivity index is 0.00000484. The average molecular weight is 432 g/mol. The highest BCUT2D eigenvalue weighted by atomic mass is 127. The molecule has 0 heterocycles. The topological polar surface area (TPSA) is 39.7 Å². The van der Waals surface area contributed by atoms with Crippen LogP contribution in [0.2, 0.25) is 0 Å². The molecular formula is C18H33IN4. The molecule has 0 aliphatic heterocycles. The number of nitrogens with one attached hydrogen (secondary N) is 2. The molecule has 0 aromatic heterocycles. The van der Waals surface area contributed by atoms with Crippen molar-refractivity contribution in [3.8, 4) is 0 Å². The highest BCUT2D eigenvalue weighted by molar-refractivity contribution is 14.0. The van der Waals surface area contributed by atoms with Gasteiger partial charge in [0.25, 0.3) is 0 Å². The molecule has 2 N–H and O–H groups in total. The van der Waals surface area contributed by atoms with Crippen LogP contribution >= 0.6 is 24.0 Å². The number of aliphatic imine (C=N–C) groups is 1. The third kappa shape index (κ3) is 9.81. The maximum absolute atomic E-state index is 4.73. The summed E-state index contributed by atoms with van der Waals surface area (Å²) in [7, 11) is 4.19. The van der Waals surface area contributed by atoms with Crippen LogP contribution in [-0.2, 0) is 13.1 Å². The van der Waals surface area contributed by atoms with Gasteiger partial charge in [0.2, 0.25) is 0 Å². The molecule has 0 fully saturated rings. The van der Waals surface area contributed by atoms with Crippen molar-refractivity contribution in [1.29, 1.82) is 0 Å². The molecule has 1 rings (SSSR count). The fraction of sp³-hybridized carbons (Fsp3) is 0.611. The molecular weight excluding hydrogens is 399 g/mol. The van der Waals surface area contributed by atoms with Crippen LogP contribution in [-0.4, -0.2) is 38.0 Å². The molecule has 23 heavy (non-hydrogen) atoms. The van der Waals surface area contributed by atoms with Crippen LogP contribution in [0.3, 0.4) is 0 Å². The van der Waals surface area contributed by atoms with Gasteiger partial charge in [0, 0.05) is 19.6 Å². The van der Waals surface area contributed by atoms with Crippen LogP contribution in [0.1, 0.15) is 44.2 Å². The third-order valence-electron chi connectivity index (χ3n) is 3.43. The van der Waals surface area contributed by atoms with E-state index in [1.165, 1.54) is 30.4 Å². The van der Waals surface area contributed by atoms with Crippen LogP contribution < -0.4 is 10.6 Å². The van der Waals surface area contributed by atoms with Crippen molar-refractivity contribution >= 4 is 29.9 Å². The molecule has 5 heteroatoms. The summed E-state index contributed by atoms with van der Waals surface area (Å²) in [4.78, 5) is 6.92. The molecule has 0 spiro atoms. The number of benzene rings is 1. The molecule has 0 saturated heterocycles. The second kappa shape index (κ2) is 13.6. The quantitative estimate of drug-likeness (QED) is 0.271. The van der Waals surface area contributed by atoms with Crippen LogP contribution in [0, 0.1) is 0 Å². The summed E-state index contributed by atoms with van der Waals surface area (Å²) in [5.41, 5.74) is 2.64. The molecule has 0 bridgehead atoms. The van der Waals surface area contributed by atoms with Crippen molar-refractivity contribution in [2.75, 3.05) is 27.2 Å². The number of halogens is 1. The number of guanidine groups is 1. The van der Waals surface area contributed by atoms with Gasteiger partial charge in [-0.05, 0) is 38.6 Å². The van der Waals surface area contributed by atoms with E-state index in [0.29, 0.717) is 6.54 Å². The minimum Gasteiger partial charge on any atom is -0.357 e. The van der Waals surface area contributed by atoms with Gasteiger partial charge in [-0.2, -0.15) is 0 Å². The zero-order valence-electron chi connectivity index (χ0n) is 15.1. The minimum atomic E-state index is 0. The zero-order valence-corrected chi connectivity index (χ0v) is 17.4. The SMILES string of the molecule is CCCCCNC(=NCc1ccccc1CN(C)C)NCC.I. The Morgan fingerprint density at radius 3 is 2.35 bits per heavy atom. The number of hydrogen-bond acceptors (Lipinski definition) is 2. The molecule has 1 aromatic rings. The monoisotopic (exact) mass is 432 g/mol. The van der Waals surface area contributed by atoms with E-state index >= 15 is 0 Å². The van der Waals surface area contributed by atoms with E-state index in [-0.39, 0.29) is 24.0 Å². The molecule has 0 amide bonds. The molecule has 0 radical (unpaired) electrons. The number of unbranched alkanes of at least 4 members (excludes halogenated alkanes) is 2. The molecule has 0 aliphatic rings. The zero-order chi connectivity index (χ0) is 16.2. The Bertz CT molecular complexity index is 446. The Labute approximate surface area is 159 Å². The number of rotatable bonds is 9. The molecule has 0 saturated carbocycles. The molecule has 0 atom stereocenters. The van der Waals surface area contributed by atoms with Crippen molar-refractivity contribution in [2.24, 2.45) is 4.99 Å². The lowest BCUT2D eigenvalue weighted by Gasteiger charge is -2.14. The van der Waals surface area contributed by atoms with Gasteiger partial charge in [-0.15, -0.1) is 24.0 Å². The summed E-state index contributed by atoms with van der Waals surface area (Å²) in [6, 6.07) is 8.54. The molecule has 1 aromatic carbocycles. The number of nitrogens with zero attached hydrogens (tertiary/aromatic N) is 2. The van der Waals surface area contributed by atoms with Gasteiger partial charge in [0.1, 0.15) is 0 Å². The predicted octanol–water partition coefficient (Wildman–Crippen LogP) is 3.61. The summed E-state index contributed by atoms with van der Waals surface area (Å²) < 4.78 is 0. The van der Waals surface area contributed by atoms with Gasteiger partial charge in [0.15, 0.2) is 5.96 Å². The lowest BCUT2D eigenvalue weighted by molar-refractivity contribution is 0.401.